The summed E-state index contributed by atoms with van der Waals surface area (Å²) in [5.74, 6) is 5.21. The van der Waals surface area contributed by atoms with Gasteiger partial charge in [0.05, 0.1) is 6.61 Å². The molecule has 0 saturated heterocycles. The van der Waals surface area contributed by atoms with Crippen LogP contribution in [-0.2, 0) is 19.1 Å². The van der Waals surface area contributed by atoms with Crippen LogP contribution in [0.15, 0.2) is 23.5 Å². The number of ketones is 1. The number of Topliss-reactive ketones (excluding diaryl/α,β-unsaturated/α-hetero) is 1. The van der Waals surface area contributed by atoms with Crippen LogP contribution in [-0.4, -0.2) is 42.1 Å². The van der Waals surface area contributed by atoms with Crippen LogP contribution < -0.4 is 11.0 Å². The number of hydrogen-bond acceptors (Lipinski definition) is 7. The number of carbonyl (C=O) groups excluding carboxylic acids is 2. The summed E-state index contributed by atoms with van der Waals surface area (Å²) in [4.78, 5) is 26.7. The molecule has 2 N–H and O–H groups in total. The van der Waals surface area contributed by atoms with Gasteiger partial charge in [-0.2, -0.15) is 0 Å². The average Bonchev–Trinajstić information content (AvgIpc) is 3.70. The largest absolute Gasteiger partial charge is 0.462 e. The Kier molecular flexibility index (Phi) is 15.4. The number of hydrazine groups is 2. The van der Waals surface area contributed by atoms with Crippen molar-refractivity contribution in [2.24, 2.45) is 57.2 Å². The summed E-state index contributed by atoms with van der Waals surface area (Å²) in [6, 6.07) is -0.241. The third-order valence-corrected chi connectivity index (χ3v) is 15.0. The Hall–Kier alpha value is -1.86. The van der Waals surface area contributed by atoms with Crippen LogP contribution in [0.1, 0.15) is 192 Å². The molecule has 0 amide bonds. The van der Waals surface area contributed by atoms with Crippen LogP contribution in [0, 0.1) is 57.2 Å². The number of nitrogens with one attached hydrogen (secondary N) is 2. The normalized spacial score (nSPS) is 31.5. The number of hydrogen-bond donors (Lipinski definition) is 2. The number of nitrogens with zero attached hydrogens (tertiary/aromatic N) is 1. The summed E-state index contributed by atoms with van der Waals surface area (Å²) >= 11 is 0. The zero-order chi connectivity index (χ0) is 40.9. The summed E-state index contributed by atoms with van der Waals surface area (Å²) < 4.78 is 12.1. The van der Waals surface area contributed by atoms with Gasteiger partial charge in [-0.25, -0.2) is 0 Å². The maximum atomic E-state index is 13.5. The number of carbonyl (C=O) groups is 2. The molecule has 0 aromatic rings. The first-order valence-electron chi connectivity index (χ1n) is 23.3. The molecule has 0 aromatic heterocycles. The topological polar surface area (TPSA) is 79.9 Å². The number of fused-ring (bicyclic) bond motifs is 5. The summed E-state index contributed by atoms with van der Waals surface area (Å²) in [6.45, 7) is 27.0. The molecule has 1 heterocycles. The average molecular weight is 780 g/mol. The van der Waals surface area contributed by atoms with E-state index in [2.05, 4.69) is 93.2 Å². The third kappa shape index (κ3) is 11.7. The van der Waals surface area contributed by atoms with Crippen LogP contribution in [0.5, 0.6) is 0 Å². The van der Waals surface area contributed by atoms with Gasteiger partial charge in [0.2, 0.25) is 0 Å². The number of allylic oxidation sites excluding steroid dienone is 2. The second-order valence-corrected chi connectivity index (χ2v) is 22.6. The van der Waals surface area contributed by atoms with Gasteiger partial charge in [0.1, 0.15) is 12.1 Å². The minimum Gasteiger partial charge on any atom is -0.462 e. The van der Waals surface area contributed by atoms with Gasteiger partial charge in [-0.05, 0) is 134 Å². The lowest BCUT2D eigenvalue weighted by Gasteiger charge is -2.58. The minimum atomic E-state index is -0.241. The van der Waals surface area contributed by atoms with Crippen LogP contribution in [0.25, 0.3) is 0 Å². The molecule has 0 spiro atoms. The van der Waals surface area contributed by atoms with Gasteiger partial charge in [0.15, 0.2) is 5.78 Å². The molecule has 4 aliphatic carbocycles. The van der Waals surface area contributed by atoms with E-state index in [4.69, 9.17) is 9.47 Å². The summed E-state index contributed by atoms with van der Waals surface area (Å²) in [7, 11) is 0. The highest BCUT2D eigenvalue weighted by molar-refractivity contribution is 5.84. The Morgan fingerprint density at radius 3 is 2.38 bits per heavy atom. The highest BCUT2D eigenvalue weighted by Gasteiger charge is 2.59. The molecule has 5 rings (SSSR count). The SMILES string of the molecule is CC(C)CCCC(C)[C@H]1CCC2[C@@H]3CC=C4CC(OC(=O)CCCC5=CN(C(CCCCOCC(C)(C)C)C(=O)CC(C)(C)C)NN5)CC[C@]4(C)C3CC[C@@]21C. The molecule has 5 unspecified atom stereocenters. The lowest BCUT2D eigenvalue weighted by molar-refractivity contribution is -0.151. The van der Waals surface area contributed by atoms with Crippen molar-refractivity contribution in [3.05, 3.63) is 23.5 Å². The van der Waals surface area contributed by atoms with Gasteiger partial charge in [0, 0.05) is 37.8 Å². The Bertz CT molecular complexity index is 1370. The predicted molar refractivity (Wildman–Crippen MR) is 230 cm³/mol. The zero-order valence-corrected chi connectivity index (χ0v) is 38.0. The van der Waals surface area contributed by atoms with E-state index in [9.17, 15) is 9.59 Å². The van der Waals surface area contributed by atoms with Crippen molar-refractivity contribution in [2.45, 2.75) is 204 Å². The molecule has 0 radical (unpaired) electrons. The van der Waals surface area contributed by atoms with E-state index in [-0.39, 0.29) is 40.1 Å². The summed E-state index contributed by atoms with van der Waals surface area (Å²) in [5, 5.41) is 1.95. The Morgan fingerprint density at radius 1 is 0.893 bits per heavy atom. The molecular formula is C49H85N3O4. The Morgan fingerprint density at radius 2 is 1.66 bits per heavy atom. The first-order valence-corrected chi connectivity index (χ1v) is 23.3. The molecule has 5 aliphatic rings. The fourth-order valence-electron chi connectivity index (χ4n) is 12.1. The van der Waals surface area contributed by atoms with E-state index in [1.54, 1.807) is 5.57 Å². The van der Waals surface area contributed by atoms with Gasteiger partial charge >= 0.3 is 5.97 Å². The van der Waals surface area contributed by atoms with E-state index < -0.39 is 0 Å². The van der Waals surface area contributed by atoms with Crippen molar-refractivity contribution in [3.63, 3.8) is 0 Å². The van der Waals surface area contributed by atoms with Gasteiger partial charge < -0.3 is 14.9 Å². The van der Waals surface area contributed by atoms with E-state index >= 15 is 0 Å². The monoisotopic (exact) mass is 780 g/mol. The van der Waals surface area contributed by atoms with E-state index in [0.717, 1.165) is 99.4 Å². The highest BCUT2D eigenvalue weighted by Crippen LogP contribution is 2.67. The first kappa shape index (κ1) is 45.2. The van der Waals surface area contributed by atoms with E-state index in [1.165, 1.54) is 51.4 Å². The highest BCUT2D eigenvalue weighted by atomic mass is 16.5. The lowest BCUT2D eigenvalue weighted by Crippen LogP contribution is -2.51. The second-order valence-electron chi connectivity index (χ2n) is 22.6. The summed E-state index contributed by atoms with van der Waals surface area (Å²) in [6.07, 6.45) is 23.8. The molecule has 0 aromatic carbocycles. The van der Waals surface area contributed by atoms with Crippen LogP contribution in [0.4, 0.5) is 0 Å². The Labute approximate surface area is 343 Å². The zero-order valence-electron chi connectivity index (χ0n) is 38.0. The predicted octanol–water partition coefficient (Wildman–Crippen LogP) is 11.9. The molecule has 3 fully saturated rings. The Balaban J connectivity index is 1.08. The van der Waals surface area contributed by atoms with E-state index in [0.29, 0.717) is 24.7 Å². The fourth-order valence-corrected chi connectivity index (χ4v) is 12.1. The smallest absolute Gasteiger partial charge is 0.306 e. The van der Waals surface area contributed by atoms with Crippen molar-refractivity contribution < 1.29 is 19.1 Å². The van der Waals surface area contributed by atoms with Crippen molar-refractivity contribution in [1.82, 2.24) is 16.0 Å². The lowest BCUT2D eigenvalue weighted by atomic mass is 9.47. The molecule has 7 heteroatoms. The third-order valence-electron chi connectivity index (χ3n) is 15.0. The molecule has 7 nitrogen and oxygen atoms in total. The standard InChI is InChI=1S/C49H85N3O4/c1-34(2)16-14-17-35(3)40-23-24-41-39-22-21-36-30-38(25-27-48(36,10)42(39)26-28-49(40,41)11)56-45(54)20-15-18-37-32-52(51-50-37)43(44(53)31-46(4,5)6)19-12-13-29-55-33-47(7,8)9/h21,32,34-35,38-43,50-51H,12-20,22-31,33H2,1-11H3/t35?,38?,39-,40+,41?,42?,43?,48-,49+/m0/s1. The number of esters is 1. The van der Waals surface area contributed by atoms with Crippen molar-refractivity contribution in [1.29, 1.82) is 0 Å². The summed E-state index contributed by atoms with van der Waals surface area (Å²) in [5.41, 5.74) is 9.99. The van der Waals surface area contributed by atoms with Gasteiger partial charge in [-0.15, -0.1) is 5.53 Å². The second kappa shape index (κ2) is 19.0. The van der Waals surface area contributed by atoms with Crippen molar-refractivity contribution in [3.8, 4) is 0 Å². The van der Waals surface area contributed by atoms with Crippen LogP contribution in [0.2, 0.25) is 0 Å². The first-order chi connectivity index (χ1) is 26.3. The van der Waals surface area contributed by atoms with E-state index in [1.807, 2.05) is 11.2 Å². The molecule has 1 aliphatic heterocycles. The number of ether oxygens (including phenoxy) is 2. The minimum absolute atomic E-state index is 0.00390. The number of rotatable bonds is 19. The van der Waals surface area contributed by atoms with Crippen molar-refractivity contribution in [2.75, 3.05) is 13.2 Å². The molecule has 3 saturated carbocycles. The maximum Gasteiger partial charge on any atom is 0.306 e. The maximum absolute atomic E-state index is 13.5. The van der Waals surface area contributed by atoms with Crippen molar-refractivity contribution >= 4 is 11.8 Å². The molecule has 9 atom stereocenters. The molecule has 0 bridgehead atoms. The quantitative estimate of drug-likeness (QED) is 0.0768. The molecular weight excluding hydrogens is 695 g/mol. The van der Waals surface area contributed by atoms with Gasteiger partial charge in [-0.3, -0.25) is 14.6 Å². The van der Waals surface area contributed by atoms with Gasteiger partial charge in [0.25, 0.3) is 0 Å². The molecule has 56 heavy (non-hydrogen) atoms. The molecule has 320 valence electrons. The number of unbranched alkanes of at least 4 members (excludes halogenated alkanes) is 1. The van der Waals surface area contributed by atoms with Crippen LogP contribution >= 0.6 is 0 Å². The van der Waals surface area contributed by atoms with Crippen LogP contribution in [0.3, 0.4) is 0 Å². The fraction of sp³-hybridized carbons (Fsp3) is 0.878. The van der Waals surface area contributed by atoms with Gasteiger partial charge in [-0.1, -0.05) is 107 Å².